The third-order valence-corrected chi connectivity index (χ3v) is 3.53. The molecule has 1 fully saturated rings. The lowest BCUT2D eigenvalue weighted by molar-refractivity contribution is 0.0716. The van der Waals surface area contributed by atoms with Gasteiger partial charge in [-0.2, -0.15) is 5.10 Å². The van der Waals surface area contributed by atoms with Crippen LogP contribution in [0.25, 0.3) is 0 Å². The van der Waals surface area contributed by atoms with E-state index in [1.165, 1.54) is 0 Å². The molecule has 1 amide bonds. The number of carbonyl (C=O) groups excluding carboxylic acids is 1. The number of amides is 1. The highest BCUT2D eigenvalue weighted by Crippen LogP contribution is 2.19. The van der Waals surface area contributed by atoms with E-state index in [1.54, 1.807) is 10.9 Å². The van der Waals surface area contributed by atoms with Crippen LogP contribution < -0.4 is 5.32 Å². The van der Waals surface area contributed by atoms with Crippen molar-refractivity contribution >= 4 is 5.91 Å². The summed E-state index contributed by atoms with van der Waals surface area (Å²) in [5, 5.41) is 17.0. The van der Waals surface area contributed by atoms with Crippen molar-refractivity contribution in [1.29, 1.82) is 0 Å². The van der Waals surface area contributed by atoms with Crippen molar-refractivity contribution in [2.45, 2.75) is 51.2 Å². The van der Waals surface area contributed by atoms with Gasteiger partial charge in [-0.05, 0) is 19.3 Å². The highest BCUT2D eigenvalue weighted by Gasteiger charge is 2.26. The van der Waals surface area contributed by atoms with Gasteiger partial charge in [0.05, 0.1) is 23.4 Å². The summed E-state index contributed by atoms with van der Waals surface area (Å²) in [5.41, 5.74) is 1.43. The van der Waals surface area contributed by atoms with Gasteiger partial charge in [-0.15, -0.1) is 0 Å². The number of hydrogen-bond acceptors (Lipinski definition) is 3. The Kier molecular flexibility index (Phi) is 4.01. The van der Waals surface area contributed by atoms with E-state index in [9.17, 15) is 9.90 Å². The minimum Gasteiger partial charge on any atom is -0.391 e. The minimum absolute atomic E-state index is 0.115. The predicted molar refractivity (Wildman–Crippen MR) is 68.3 cm³/mol. The van der Waals surface area contributed by atoms with Gasteiger partial charge in [0, 0.05) is 13.2 Å². The van der Waals surface area contributed by atoms with E-state index < -0.39 is 6.10 Å². The molecule has 5 heteroatoms. The maximum atomic E-state index is 12.2. The first-order valence-corrected chi connectivity index (χ1v) is 6.63. The van der Waals surface area contributed by atoms with E-state index >= 15 is 0 Å². The molecule has 18 heavy (non-hydrogen) atoms. The molecule has 1 saturated carbocycles. The fraction of sp³-hybridized carbons (Fsp3) is 0.692. The van der Waals surface area contributed by atoms with Gasteiger partial charge in [0.25, 0.3) is 5.91 Å². The number of hydrogen-bond donors (Lipinski definition) is 2. The van der Waals surface area contributed by atoms with Crippen molar-refractivity contribution < 1.29 is 9.90 Å². The van der Waals surface area contributed by atoms with Crippen LogP contribution in [0.15, 0.2) is 6.20 Å². The van der Waals surface area contributed by atoms with Crippen molar-refractivity contribution in [1.82, 2.24) is 15.1 Å². The largest absolute Gasteiger partial charge is 0.391 e. The molecule has 1 aromatic rings. The number of aromatic nitrogens is 2. The number of aliphatic hydroxyl groups excluding tert-OH is 1. The number of rotatable bonds is 3. The maximum Gasteiger partial charge on any atom is 0.255 e. The molecule has 1 aliphatic carbocycles. The molecule has 2 atom stereocenters. The molecule has 1 aromatic heterocycles. The summed E-state index contributed by atoms with van der Waals surface area (Å²) < 4.78 is 1.66. The fourth-order valence-electron chi connectivity index (χ4n) is 2.51. The first-order chi connectivity index (χ1) is 8.61. The molecule has 0 bridgehead atoms. The van der Waals surface area contributed by atoms with Crippen LogP contribution in [0, 0.1) is 0 Å². The van der Waals surface area contributed by atoms with Crippen molar-refractivity contribution in [2.24, 2.45) is 7.05 Å². The van der Waals surface area contributed by atoms with Crippen molar-refractivity contribution in [3.05, 3.63) is 17.5 Å². The molecule has 1 heterocycles. The average molecular weight is 251 g/mol. The SMILES string of the molecule is CCc1nn(C)cc1C(=O)NC1CCCCC1O. The summed E-state index contributed by atoms with van der Waals surface area (Å²) in [4.78, 5) is 12.2. The van der Waals surface area contributed by atoms with Crippen LogP contribution in [-0.4, -0.2) is 32.9 Å². The molecule has 0 radical (unpaired) electrons. The zero-order chi connectivity index (χ0) is 13.1. The second-order valence-electron chi connectivity index (χ2n) is 4.95. The molecule has 100 valence electrons. The quantitative estimate of drug-likeness (QED) is 0.842. The highest BCUT2D eigenvalue weighted by molar-refractivity contribution is 5.95. The number of carbonyl (C=O) groups is 1. The highest BCUT2D eigenvalue weighted by atomic mass is 16.3. The van der Waals surface area contributed by atoms with E-state index in [1.807, 2.05) is 14.0 Å². The standard InChI is InChI=1S/C13H21N3O2/c1-3-10-9(8-16(2)15-10)13(18)14-11-6-4-5-7-12(11)17/h8,11-12,17H,3-7H2,1-2H3,(H,14,18). The van der Waals surface area contributed by atoms with Gasteiger partial charge < -0.3 is 10.4 Å². The molecule has 2 unspecified atom stereocenters. The van der Waals surface area contributed by atoms with Gasteiger partial charge in [0.15, 0.2) is 0 Å². The maximum absolute atomic E-state index is 12.2. The van der Waals surface area contributed by atoms with Crippen molar-refractivity contribution in [3.8, 4) is 0 Å². The Bertz CT molecular complexity index is 428. The van der Waals surface area contributed by atoms with Crippen LogP contribution in [0.4, 0.5) is 0 Å². The monoisotopic (exact) mass is 251 g/mol. The normalized spacial score (nSPS) is 23.9. The summed E-state index contributed by atoms with van der Waals surface area (Å²) in [6, 6.07) is -0.115. The van der Waals surface area contributed by atoms with Gasteiger partial charge >= 0.3 is 0 Å². The Hall–Kier alpha value is -1.36. The molecule has 0 aliphatic heterocycles. The van der Waals surface area contributed by atoms with E-state index in [-0.39, 0.29) is 11.9 Å². The van der Waals surface area contributed by atoms with Crippen LogP contribution in [0.2, 0.25) is 0 Å². The van der Waals surface area contributed by atoms with E-state index in [0.29, 0.717) is 5.56 Å². The second-order valence-corrected chi connectivity index (χ2v) is 4.95. The molecular weight excluding hydrogens is 230 g/mol. The van der Waals surface area contributed by atoms with E-state index in [2.05, 4.69) is 10.4 Å². The average Bonchev–Trinajstić information content (AvgIpc) is 2.73. The molecule has 0 saturated heterocycles. The molecular formula is C13H21N3O2. The summed E-state index contributed by atoms with van der Waals surface area (Å²) in [6.07, 6.45) is 5.80. The van der Waals surface area contributed by atoms with Crippen LogP contribution in [0.5, 0.6) is 0 Å². The summed E-state index contributed by atoms with van der Waals surface area (Å²) in [5.74, 6) is -0.120. The van der Waals surface area contributed by atoms with E-state index in [4.69, 9.17) is 0 Å². The molecule has 2 N–H and O–H groups in total. The Labute approximate surface area is 107 Å². The molecule has 5 nitrogen and oxygen atoms in total. The van der Waals surface area contributed by atoms with E-state index in [0.717, 1.165) is 37.8 Å². The zero-order valence-corrected chi connectivity index (χ0v) is 11.0. The lowest BCUT2D eigenvalue weighted by atomic mass is 9.92. The molecule has 0 spiro atoms. The Morgan fingerprint density at radius 2 is 2.28 bits per heavy atom. The third-order valence-electron chi connectivity index (χ3n) is 3.53. The number of aliphatic hydroxyl groups is 1. The first-order valence-electron chi connectivity index (χ1n) is 6.63. The fourth-order valence-corrected chi connectivity index (χ4v) is 2.51. The first kappa shape index (κ1) is 13.1. The smallest absolute Gasteiger partial charge is 0.255 e. The Morgan fingerprint density at radius 3 is 2.94 bits per heavy atom. The van der Waals surface area contributed by atoms with Gasteiger partial charge in [-0.1, -0.05) is 19.8 Å². The van der Waals surface area contributed by atoms with Gasteiger partial charge in [-0.3, -0.25) is 9.48 Å². The van der Waals surface area contributed by atoms with Crippen molar-refractivity contribution in [3.63, 3.8) is 0 Å². The molecule has 2 rings (SSSR count). The minimum atomic E-state index is -0.413. The number of aryl methyl sites for hydroxylation is 2. The topological polar surface area (TPSA) is 67.2 Å². The summed E-state index contributed by atoms with van der Waals surface area (Å²) >= 11 is 0. The second kappa shape index (κ2) is 5.52. The van der Waals surface area contributed by atoms with Crippen LogP contribution >= 0.6 is 0 Å². The van der Waals surface area contributed by atoms with Crippen LogP contribution in [0.3, 0.4) is 0 Å². The van der Waals surface area contributed by atoms with Gasteiger partial charge in [-0.25, -0.2) is 0 Å². The summed E-state index contributed by atoms with van der Waals surface area (Å²) in [7, 11) is 1.81. The molecule has 0 aromatic carbocycles. The van der Waals surface area contributed by atoms with Crippen LogP contribution in [-0.2, 0) is 13.5 Å². The molecule has 1 aliphatic rings. The predicted octanol–water partition coefficient (Wildman–Crippen LogP) is 1.02. The summed E-state index contributed by atoms with van der Waals surface area (Å²) in [6.45, 7) is 1.98. The number of nitrogens with one attached hydrogen (secondary N) is 1. The number of nitrogens with zero attached hydrogens (tertiary/aromatic N) is 2. The Morgan fingerprint density at radius 1 is 1.56 bits per heavy atom. The van der Waals surface area contributed by atoms with Gasteiger partial charge in [0.2, 0.25) is 0 Å². The van der Waals surface area contributed by atoms with Crippen molar-refractivity contribution in [2.75, 3.05) is 0 Å². The Balaban J connectivity index is 2.06. The lowest BCUT2D eigenvalue weighted by Gasteiger charge is -2.28. The zero-order valence-electron chi connectivity index (χ0n) is 11.0. The lowest BCUT2D eigenvalue weighted by Crippen LogP contribution is -2.45. The van der Waals surface area contributed by atoms with Gasteiger partial charge in [0.1, 0.15) is 0 Å². The van der Waals surface area contributed by atoms with Crippen LogP contribution in [0.1, 0.15) is 48.7 Å². The third kappa shape index (κ3) is 2.72.